The van der Waals surface area contributed by atoms with Gasteiger partial charge in [0.25, 0.3) is 0 Å². The van der Waals surface area contributed by atoms with Crippen LogP contribution in [0.2, 0.25) is 0 Å². The van der Waals surface area contributed by atoms with Crippen LogP contribution in [0, 0.1) is 5.82 Å². The molecule has 138 valence electrons. The molecule has 2 aromatic carbocycles. The summed E-state index contributed by atoms with van der Waals surface area (Å²) >= 11 is 0. The minimum atomic E-state index is -0.689. The number of halogens is 1. The summed E-state index contributed by atoms with van der Waals surface area (Å²) in [5.41, 5.74) is 1.68. The zero-order chi connectivity index (χ0) is 19.1. The highest BCUT2D eigenvalue weighted by atomic mass is 19.1. The van der Waals surface area contributed by atoms with Crippen LogP contribution in [0.15, 0.2) is 54.7 Å². The van der Waals surface area contributed by atoms with Crippen molar-refractivity contribution in [3.8, 4) is 5.69 Å². The lowest BCUT2D eigenvalue weighted by molar-refractivity contribution is -0.134. The van der Waals surface area contributed by atoms with Crippen LogP contribution in [0.1, 0.15) is 6.92 Å². The fourth-order valence-corrected chi connectivity index (χ4v) is 3.22. The Balaban J connectivity index is 1.64. The van der Waals surface area contributed by atoms with Crippen molar-refractivity contribution < 1.29 is 18.7 Å². The summed E-state index contributed by atoms with van der Waals surface area (Å²) in [5.74, 6) is -0.666. The van der Waals surface area contributed by atoms with E-state index in [1.54, 1.807) is 23.7 Å². The molecule has 0 spiro atoms. The lowest BCUT2D eigenvalue weighted by Gasteiger charge is -2.20. The van der Waals surface area contributed by atoms with Crippen LogP contribution in [-0.4, -0.2) is 41.3 Å². The van der Waals surface area contributed by atoms with Gasteiger partial charge in [-0.1, -0.05) is 18.2 Å². The lowest BCUT2D eigenvalue weighted by atomic mass is 10.2. The predicted octanol–water partition coefficient (Wildman–Crippen LogP) is 3.53. The Labute approximate surface area is 155 Å². The molecule has 1 fully saturated rings. The van der Waals surface area contributed by atoms with E-state index < -0.39 is 18.1 Å². The number of hydrogen-bond acceptors (Lipinski definition) is 3. The molecule has 7 heteroatoms. The largest absolute Gasteiger partial charge is 0.423 e. The normalized spacial score (nSPS) is 16.6. The number of benzene rings is 2. The number of carbonyl (C=O) groups excluding carboxylic acids is 2. The molecule has 3 aromatic rings. The molecule has 0 aliphatic carbocycles. The summed E-state index contributed by atoms with van der Waals surface area (Å²) < 4.78 is 21.8. The maximum absolute atomic E-state index is 14.8. The molecule has 0 bridgehead atoms. The fraction of sp³-hybridized carbons (Fsp3) is 0.200. The highest BCUT2D eigenvalue weighted by Gasteiger charge is 2.36. The number of fused-ring (bicyclic) bond motifs is 1. The number of nitrogens with zero attached hydrogens (tertiary/aromatic N) is 3. The van der Waals surface area contributed by atoms with Crippen LogP contribution in [-0.2, 0) is 9.53 Å². The van der Waals surface area contributed by atoms with Crippen LogP contribution in [0.5, 0.6) is 0 Å². The van der Waals surface area contributed by atoms with Gasteiger partial charge in [0.1, 0.15) is 5.82 Å². The molecule has 0 saturated carbocycles. The maximum Gasteiger partial charge on any atom is 0.416 e. The summed E-state index contributed by atoms with van der Waals surface area (Å²) in [4.78, 5) is 26.3. The molecule has 0 radical (unpaired) electrons. The second-order valence-corrected chi connectivity index (χ2v) is 6.46. The first-order chi connectivity index (χ1) is 13.0. The number of carbonyl (C=O) groups is 2. The van der Waals surface area contributed by atoms with E-state index in [2.05, 4.69) is 0 Å². The van der Waals surface area contributed by atoms with Crippen molar-refractivity contribution >= 4 is 28.6 Å². The molecule has 1 aromatic heterocycles. The average Bonchev–Trinajstić information content (AvgIpc) is 3.24. The smallest absolute Gasteiger partial charge is 0.416 e. The number of aromatic nitrogens is 1. The Morgan fingerprint density at radius 1 is 1.22 bits per heavy atom. The highest BCUT2D eigenvalue weighted by Crippen LogP contribution is 2.28. The zero-order valence-electron chi connectivity index (χ0n) is 14.9. The Hall–Kier alpha value is -3.35. The van der Waals surface area contributed by atoms with Crippen LogP contribution in [0.3, 0.4) is 0 Å². The second kappa shape index (κ2) is 6.42. The van der Waals surface area contributed by atoms with Crippen LogP contribution < -0.4 is 4.90 Å². The van der Waals surface area contributed by atoms with Gasteiger partial charge in [-0.3, -0.25) is 9.69 Å². The molecule has 1 unspecified atom stereocenters. The molecule has 1 aliphatic rings. The van der Waals surface area contributed by atoms with Gasteiger partial charge in [0.2, 0.25) is 5.91 Å². The third-order valence-electron chi connectivity index (χ3n) is 4.83. The first-order valence-corrected chi connectivity index (χ1v) is 8.53. The van der Waals surface area contributed by atoms with Crippen LogP contribution in [0.4, 0.5) is 14.9 Å². The molecule has 27 heavy (non-hydrogen) atoms. The predicted molar refractivity (Wildman–Crippen MR) is 99.3 cm³/mol. The van der Waals surface area contributed by atoms with E-state index >= 15 is 0 Å². The SMILES string of the molecule is CC(=O)N(C)C1CN(c2ccc(-n3ccc4ccccc43)c(F)c2)C(=O)O1. The molecule has 2 heterocycles. The lowest BCUT2D eigenvalue weighted by Crippen LogP contribution is -2.38. The number of para-hydroxylation sites is 1. The standard InChI is InChI=1S/C20H18FN3O3/c1-13(25)22(2)19-12-24(20(26)27-19)15-7-8-18(16(21)11-15)23-10-9-14-5-3-4-6-17(14)23/h3-11,19H,12H2,1-2H3. The number of ether oxygens (including phenoxy) is 1. The van der Waals surface area contributed by atoms with Crippen molar-refractivity contribution in [1.82, 2.24) is 9.47 Å². The Morgan fingerprint density at radius 3 is 2.74 bits per heavy atom. The summed E-state index contributed by atoms with van der Waals surface area (Å²) in [7, 11) is 1.56. The third-order valence-corrected chi connectivity index (χ3v) is 4.83. The maximum atomic E-state index is 14.8. The fourth-order valence-electron chi connectivity index (χ4n) is 3.22. The monoisotopic (exact) mass is 367 g/mol. The van der Waals surface area contributed by atoms with Gasteiger partial charge in [-0.15, -0.1) is 0 Å². The molecule has 1 saturated heterocycles. The summed E-state index contributed by atoms with van der Waals surface area (Å²) in [6.07, 6.45) is 0.517. The van der Waals surface area contributed by atoms with Crippen LogP contribution >= 0.6 is 0 Å². The quantitative estimate of drug-likeness (QED) is 0.712. The number of likely N-dealkylation sites (N-methyl/N-ethyl adjacent to an activating group) is 1. The first-order valence-electron chi connectivity index (χ1n) is 8.53. The van der Waals surface area contributed by atoms with Crippen molar-refractivity contribution in [1.29, 1.82) is 0 Å². The molecular weight excluding hydrogens is 349 g/mol. The first kappa shape index (κ1) is 17.1. The minimum Gasteiger partial charge on any atom is -0.423 e. The van der Waals surface area contributed by atoms with Crippen molar-refractivity contribution in [2.75, 3.05) is 18.5 Å². The van der Waals surface area contributed by atoms with Gasteiger partial charge in [0.05, 0.1) is 23.4 Å². The second-order valence-electron chi connectivity index (χ2n) is 6.46. The van der Waals surface area contributed by atoms with E-state index in [9.17, 15) is 14.0 Å². The number of hydrogen-bond donors (Lipinski definition) is 0. The summed E-state index contributed by atoms with van der Waals surface area (Å²) in [6.45, 7) is 1.55. The Kier molecular flexibility index (Phi) is 4.07. The van der Waals surface area contributed by atoms with Crippen molar-refractivity contribution in [3.05, 3.63) is 60.5 Å². The summed E-state index contributed by atoms with van der Waals surface area (Å²) in [5, 5.41) is 1.01. The molecule has 1 aliphatic heterocycles. The molecule has 0 N–H and O–H groups in total. The molecule has 1 atom stereocenters. The number of anilines is 1. The van der Waals surface area contributed by atoms with Crippen molar-refractivity contribution in [3.63, 3.8) is 0 Å². The van der Waals surface area contributed by atoms with Gasteiger partial charge in [-0.2, -0.15) is 0 Å². The third kappa shape index (κ3) is 2.91. The number of cyclic esters (lactones) is 1. The van der Waals surface area contributed by atoms with E-state index in [0.29, 0.717) is 11.4 Å². The van der Waals surface area contributed by atoms with Crippen molar-refractivity contribution in [2.45, 2.75) is 13.2 Å². The summed E-state index contributed by atoms with van der Waals surface area (Å²) in [6, 6.07) is 14.2. The van der Waals surface area contributed by atoms with Gasteiger partial charge < -0.3 is 14.2 Å². The molecule has 6 nitrogen and oxygen atoms in total. The van der Waals surface area contributed by atoms with E-state index in [1.165, 1.54) is 22.8 Å². The van der Waals surface area contributed by atoms with Crippen molar-refractivity contribution in [2.24, 2.45) is 0 Å². The van der Waals surface area contributed by atoms with Gasteiger partial charge >= 0.3 is 6.09 Å². The average molecular weight is 367 g/mol. The van der Waals surface area contributed by atoms with E-state index in [1.807, 2.05) is 36.5 Å². The number of rotatable bonds is 3. The van der Waals surface area contributed by atoms with Gasteiger partial charge in [0.15, 0.2) is 6.23 Å². The molecule has 4 rings (SSSR count). The van der Waals surface area contributed by atoms with E-state index in [4.69, 9.17) is 4.74 Å². The minimum absolute atomic E-state index is 0.153. The Bertz CT molecular complexity index is 1050. The van der Waals surface area contributed by atoms with Crippen LogP contribution in [0.25, 0.3) is 16.6 Å². The van der Waals surface area contributed by atoms with Gasteiger partial charge in [-0.05, 0) is 35.7 Å². The van der Waals surface area contributed by atoms with E-state index in [-0.39, 0.29) is 12.5 Å². The molecule has 2 amide bonds. The van der Waals surface area contributed by atoms with Gasteiger partial charge in [0, 0.05) is 20.2 Å². The topological polar surface area (TPSA) is 54.8 Å². The van der Waals surface area contributed by atoms with Gasteiger partial charge in [-0.25, -0.2) is 9.18 Å². The number of amides is 2. The zero-order valence-corrected chi connectivity index (χ0v) is 14.9. The molecular formula is C20H18FN3O3. The van der Waals surface area contributed by atoms with E-state index in [0.717, 1.165) is 10.9 Å². The Morgan fingerprint density at radius 2 is 2.00 bits per heavy atom. The highest BCUT2D eigenvalue weighted by molar-refractivity contribution is 5.90.